The first-order valence-electron chi connectivity index (χ1n) is 12.6. The van der Waals surface area contributed by atoms with Gasteiger partial charge >= 0.3 is 0 Å². The maximum atomic E-state index is 13.6. The van der Waals surface area contributed by atoms with Gasteiger partial charge in [0.05, 0.1) is 11.6 Å². The number of ether oxygens (including phenoxy) is 3. The Balaban J connectivity index is 1.50. The molecule has 0 aliphatic carbocycles. The van der Waals surface area contributed by atoms with Gasteiger partial charge < -0.3 is 19.3 Å². The molecule has 6 rings (SSSR count). The number of hydrogen-bond donors (Lipinski definition) is 1. The summed E-state index contributed by atoms with van der Waals surface area (Å²) in [5, 5.41) is 11.5. The van der Waals surface area contributed by atoms with Gasteiger partial charge in [-0.1, -0.05) is 48.5 Å². The van der Waals surface area contributed by atoms with E-state index in [1.54, 1.807) is 42.5 Å². The molecule has 2 aliphatic heterocycles. The van der Waals surface area contributed by atoms with Crippen LogP contribution in [-0.4, -0.2) is 30.0 Å². The number of rotatable bonds is 5. The number of carbonyl (C=O) groups excluding carboxylic acids is 2. The van der Waals surface area contributed by atoms with Gasteiger partial charge in [-0.3, -0.25) is 14.5 Å². The van der Waals surface area contributed by atoms with Crippen molar-refractivity contribution >= 4 is 23.1 Å². The topological polar surface area (TPSA) is 85.3 Å². The van der Waals surface area contributed by atoms with Crippen LogP contribution in [0, 0.1) is 6.92 Å². The molecule has 7 nitrogen and oxygen atoms in total. The number of ketones is 1. The van der Waals surface area contributed by atoms with Crippen molar-refractivity contribution in [1.29, 1.82) is 0 Å². The number of anilines is 1. The van der Waals surface area contributed by atoms with E-state index in [4.69, 9.17) is 14.2 Å². The van der Waals surface area contributed by atoms with E-state index in [1.165, 1.54) is 4.90 Å². The molecule has 1 fully saturated rings. The Morgan fingerprint density at radius 2 is 1.54 bits per heavy atom. The molecular formula is C32H25NO6. The normalized spacial score (nSPS) is 17.8. The second-order valence-corrected chi connectivity index (χ2v) is 9.30. The molecule has 0 aromatic heterocycles. The summed E-state index contributed by atoms with van der Waals surface area (Å²) in [7, 11) is 0. The maximum absolute atomic E-state index is 13.6. The molecule has 0 spiro atoms. The molecule has 39 heavy (non-hydrogen) atoms. The molecule has 4 aromatic rings. The second-order valence-electron chi connectivity index (χ2n) is 9.30. The Bertz CT molecular complexity index is 1610. The highest BCUT2D eigenvalue weighted by atomic mass is 16.6. The highest BCUT2D eigenvalue weighted by molar-refractivity contribution is 6.51. The highest BCUT2D eigenvalue weighted by Crippen LogP contribution is 2.44. The Labute approximate surface area is 225 Å². The van der Waals surface area contributed by atoms with Gasteiger partial charge in [0.2, 0.25) is 0 Å². The maximum Gasteiger partial charge on any atom is 0.300 e. The van der Waals surface area contributed by atoms with Crippen molar-refractivity contribution in [3.8, 4) is 23.0 Å². The average molecular weight is 520 g/mol. The quantitative estimate of drug-likeness (QED) is 0.192. The number of fused-ring (bicyclic) bond motifs is 1. The Kier molecular flexibility index (Phi) is 6.25. The molecule has 4 aromatic carbocycles. The van der Waals surface area contributed by atoms with E-state index in [0.717, 1.165) is 5.56 Å². The van der Waals surface area contributed by atoms with Gasteiger partial charge in [0, 0.05) is 11.3 Å². The van der Waals surface area contributed by atoms with E-state index >= 15 is 0 Å². The molecule has 2 aliphatic rings. The standard InChI is InChI=1S/C32H25NO6/c1-20-8-5-6-13-25(20)33-29(21-9-7-12-24(18-21)39-23-10-3-2-4-11-23)28(31(35)32(33)36)30(34)22-14-15-26-27(19-22)38-17-16-37-26/h2-15,18-19,29,34H,16-17H2,1H3/b30-28-. The molecule has 1 saturated heterocycles. The van der Waals surface area contributed by atoms with E-state index in [9.17, 15) is 14.7 Å². The third kappa shape index (κ3) is 4.48. The Morgan fingerprint density at radius 3 is 2.33 bits per heavy atom. The fourth-order valence-electron chi connectivity index (χ4n) is 4.95. The van der Waals surface area contributed by atoms with E-state index in [-0.39, 0.29) is 11.3 Å². The molecule has 7 heteroatoms. The number of carbonyl (C=O) groups is 2. The van der Waals surface area contributed by atoms with Gasteiger partial charge in [-0.25, -0.2) is 0 Å². The van der Waals surface area contributed by atoms with Gasteiger partial charge in [0.15, 0.2) is 11.5 Å². The van der Waals surface area contributed by atoms with Crippen molar-refractivity contribution in [2.24, 2.45) is 0 Å². The number of benzene rings is 4. The molecular weight excluding hydrogens is 494 g/mol. The van der Waals surface area contributed by atoms with Gasteiger partial charge in [-0.05, 0) is 66.6 Å². The van der Waals surface area contributed by atoms with Crippen LogP contribution < -0.4 is 19.1 Å². The summed E-state index contributed by atoms with van der Waals surface area (Å²) < 4.78 is 17.3. The van der Waals surface area contributed by atoms with E-state index < -0.39 is 17.7 Å². The molecule has 1 N–H and O–H groups in total. The fourth-order valence-corrected chi connectivity index (χ4v) is 4.95. The monoisotopic (exact) mass is 519 g/mol. The van der Waals surface area contributed by atoms with Gasteiger partial charge in [0.25, 0.3) is 11.7 Å². The third-order valence-electron chi connectivity index (χ3n) is 6.79. The number of aliphatic hydroxyl groups is 1. The largest absolute Gasteiger partial charge is 0.507 e. The summed E-state index contributed by atoms with van der Waals surface area (Å²) >= 11 is 0. The number of aliphatic hydroxyl groups excluding tert-OH is 1. The summed E-state index contributed by atoms with van der Waals surface area (Å²) in [4.78, 5) is 28.6. The van der Waals surface area contributed by atoms with Crippen molar-refractivity contribution < 1.29 is 28.9 Å². The lowest BCUT2D eigenvalue weighted by atomic mass is 9.94. The summed E-state index contributed by atoms with van der Waals surface area (Å²) in [6.07, 6.45) is 0. The summed E-state index contributed by atoms with van der Waals surface area (Å²) in [6.45, 7) is 2.69. The number of nitrogens with zero attached hydrogens (tertiary/aromatic N) is 1. The first-order chi connectivity index (χ1) is 19.0. The SMILES string of the molecule is Cc1ccccc1N1C(=O)C(=O)/C(=C(\O)c2ccc3c(c2)OCCO3)C1c1cccc(Oc2ccccc2)c1. The van der Waals surface area contributed by atoms with Crippen molar-refractivity contribution in [2.75, 3.05) is 18.1 Å². The first kappa shape index (κ1) is 24.3. The van der Waals surface area contributed by atoms with E-state index in [2.05, 4.69) is 0 Å². The number of aryl methyl sites for hydroxylation is 1. The first-order valence-corrected chi connectivity index (χ1v) is 12.6. The molecule has 194 valence electrons. The van der Waals surface area contributed by atoms with Gasteiger partial charge in [-0.2, -0.15) is 0 Å². The molecule has 0 saturated carbocycles. The van der Waals surface area contributed by atoms with Gasteiger partial charge in [0.1, 0.15) is 30.5 Å². The summed E-state index contributed by atoms with van der Waals surface area (Å²) in [5.74, 6) is 0.426. The molecule has 1 atom stereocenters. The molecule has 2 heterocycles. The smallest absolute Gasteiger partial charge is 0.300 e. The Morgan fingerprint density at radius 1 is 0.821 bits per heavy atom. The predicted molar refractivity (Wildman–Crippen MR) is 146 cm³/mol. The fraction of sp³-hybridized carbons (Fsp3) is 0.125. The van der Waals surface area contributed by atoms with Crippen LogP contribution in [0.2, 0.25) is 0 Å². The molecule has 0 bridgehead atoms. The Hall–Kier alpha value is -5.04. The predicted octanol–water partition coefficient (Wildman–Crippen LogP) is 6.18. The van der Waals surface area contributed by atoms with Crippen LogP contribution in [-0.2, 0) is 9.59 Å². The minimum absolute atomic E-state index is 0.0169. The number of para-hydroxylation sites is 2. The van der Waals surface area contributed by atoms with Gasteiger partial charge in [-0.15, -0.1) is 0 Å². The van der Waals surface area contributed by atoms with Crippen molar-refractivity contribution in [3.63, 3.8) is 0 Å². The zero-order valence-electron chi connectivity index (χ0n) is 21.2. The van der Waals surface area contributed by atoms with Crippen molar-refractivity contribution in [3.05, 3.63) is 119 Å². The van der Waals surface area contributed by atoms with Crippen LogP contribution in [0.4, 0.5) is 5.69 Å². The molecule has 1 amide bonds. The lowest BCUT2D eigenvalue weighted by Crippen LogP contribution is -2.30. The lowest BCUT2D eigenvalue weighted by molar-refractivity contribution is -0.132. The minimum atomic E-state index is -0.890. The number of hydrogen-bond acceptors (Lipinski definition) is 6. The molecule has 1 unspecified atom stereocenters. The van der Waals surface area contributed by atoms with E-state index in [0.29, 0.717) is 53.0 Å². The van der Waals surface area contributed by atoms with E-state index in [1.807, 2.05) is 61.5 Å². The van der Waals surface area contributed by atoms with Crippen LogP contribution >= 0.6 is 0 Å². The zero-order chi connectivity index (χ0) is 26.9. The van der Waals surface area contributed by atoms with Crippen molar-refractivity contribution in [2.45, 2.75) is 13.0 Å². The third-order valence-corrected chi connectivity index (χ3v) is 6.79. The second kappa shape index (κ2) is 10.0. The summed E-state index contributed by atoms with van der Waals surface area (Å²) in [5.41, 5.74) is 2.35. The summed E-state index contributed by atoms with van der Waals surface area (Å²) in [6, 6.07) is 28.0. The van der Waals surface area contributed by atoms with Crippen molar-refractivity contribution in [1.82, 2.24) is 0 Å². The highest BCUT2D eigenvalue weighted by Gasteiger charge is 2.47. The molecule has 0 radical (unpaired) electrons. The average Bonchev–Trinajstić information content (AvgIpc) is 3.23. The van der Waals surface area contributed by atoms with Crippen LogP contribution in [0.5, 0.6) is 23.0 Å². The lowest BCUT2D eigenvalue weighted by Gasteiger charge is -2.27. The van der Waals surface area contributed by atoms with Crippen LogP contribution in [0.25, 0.3) is 5.76 Å². The van der Waals surface area contributed by atoms with Crippen LogP contribution in [0.15, 0.2) is 103 Å². The number of Topliss-reactive ketones (excluding diaryl/α,β-unsaturated/α-hetero) is 1. The number of amides is 1. The zero-order valence-corrected chi connectivity index (χ0v) is 21.2. The van der Waals surface area contributed by atoms with Crippen LogP contribution in [0.3, 0.4) is 0 Å². The van der Waals surface area contributed by atoms with Crippen LogP contribution in [0.1, 0.15) is 22.7 Å². The minimum Gasteiger partial charge on any atom is -0.507 e.